The maximum atomic E-state index is 11.5. The van der Waals surface area contributed by atoms with Gasteiger partial charge < -0.3 is 4.90 Å². The van der Waals surface area contributed by atoms with Crippen LogP contribution in [0, 0.1) is 5.41 Å². The fourth-order valence-electron chi connectivity index (χ4n) is 2.77. The van der Waals surface area contributed by atoms with Crippen molar-refractivity contribution in [2.75, 3.05) is 30.9 Å². The van der Waals surface area contributed by atoms with Gasteiger partial charge in [0.1, 0.15) is 14.2 Å². The molecule has 0 N–H and O–H groups in total. The number of likely N-dealkylation sites (tertiary alicyclic amines) is 1. The van der Waals surface area contributed by atoms with Gasteiger partial charge in [0.05, 0.1) is 5.75 Å². The van der Waals surface area contributed by atoms with Crippen molar-refractivity contribution in [1.82, 2.24) is 4.90 Å². The van der Waals surface area contributed by atoms with E-state index in [-0.39, 0.29) is 5.41 Å². The second kappa shape index (κ2) is 5.67. The molecule has 0 spiro atoms. The lowest BCUT2D eigenvalue weighted by Gasteiger charge is -2.41. The lowest BCUT2D eigenvalue weighted by molar-refractivity contribution is 0.201. The molecule has 1 saturated carbocycles. The van der Waals surface area contributed by atoms with E-state index in [1.807, 2.05) is 0 Å². The second-order valence-corrected chi connectivity index (χ2v) is 9.42. The predicted octanol–water partition coefficient (Wildman–Crippen LogP) is 2.32. The van der Waals surface area contributed by atoms with Crippen LogP contribution in [0.5, 0.6) is 0 Å². The highest BCUT2D eigenvalue weighted by Crippen LogP contribution is 2.44. The van der Waals surface area contributed by atoms with Crippen molar-refractivity contribution in [1.29, 1.82) is 0 Å². The van der Waals surface area contributed by atoms with E-state index >= 15 is 0 Å². The summed E-state index contributed by atoms with van der Waals surface area (Å²) in [5.74, 6) is 1.20. The molecular formula is C12H21NO2S3. The summed E-state index contributed by atoms with van der Waals surface area (Å²) in [6, 6.07) is 0. The topological polar surface area (TPSA) is 37.4 Å². The molecule has 0 unspecified atom stereocenters. The molecule has 2 fully saturated rings. The maximum absolute atomic E-state index is 11.5. The molecule has 18 heavy (non-hydrogen) atoms. The van der Waals surface area contributed by atoms with Gasteiger partial charge in [0.2, 0.25) is 0 Å². The van der Waals surface area contributed by atoms with Gasteiger partial charge in [0, 0.05) is 25.1 Å². The number of hydrogen-bond acceptors (Lipinski definition) is 4. The molecule has 1 aliphatic heterocycles. The van der Waals surface area contributed by atoms with Crippen LogP contribution in [0.15, 0.2) is 0 Å². The Labute approximate surface area is 120 Å². The quantitative estimate of drug-likeness (QED) is 0.745. The molecule has 1 heterocycles. The largest absolute Gasteiger partial charge is 0.358 e. The Bertz CT molecular complexity index is 409. The highest BCUT2D eigenvalue weighted by atomic mass is 32.2. The predicted molar refractivity (Wildman–Crippen MR) is 81.9 cm³/mol. The van der Waals surface area contributed by atoms with Crippen LogP contribution in [-0.4, -0.2) is 48.5 Å². The van der Waals surface area contributed by atoms with Crippen molar-refractivity contribution in [3.63, 3.8) is 0 Å². The van der Waals surface area contributed by atoms with Crippen LogP contribution >= 0.6 is 24.0 Å². The number of hydrogen-bond donors (Lipinski definition) is 0. The van der Waals surface area contributed by atoms with Crippen molar-refractivity contribution < 1.29 is 8.42 Å². The Balaban J connectivity index is 1.85. The summed E-state index contributed by atoms with van der Waals surface area (Å²) in [7, 11) is -2.88. The van der Waals surface area contributed by atoms with E-state index in [0.717, 1.165) is 42.4 Å². The maximum Gasteiger partial charge on any atom is 0.148 e. The zero-order chi connectivity index (χ0) is 13.2. The Morgan fingerprint density at radius 3 is 2.33 bits per heavy atom. The summed E-state index contributed by atoms with van der Waals surface area (Å²) in [6.45, 7) is 2.15. The lowest BCUT2D eigenvalue weighted by atomic mass is 9.72. The molecule has 104 valence electrons. The standard InChI is InChI=1S/C12H21NO2S3/c1-18(14,15)10-12(5-4-6-12)9-17-11(16)13-7-2-3-8-13/h2-10H2,1H3. The summed E-state index contributed by atoms with van der Waals surface area (Å²) in [5.41, 5.74) is 0.00202. The third kappa shape index (κ3) is 3.84. The van der Waals surface area contributed by atoms with Gasteiger partial charge in [0.15, 0.2) is 0 Å². The Hall–Kier alpha value is 0.190. The average Bonchev–Trinajstić information content (AvgIpc) is 2.73. The summed E-state index contributed by atoms with van der Waals surface area (Å²) in [5, 5.41) is 0. The summed E-state index contributed by atoms with van der Waals surface area (Å²) in [4.78, 5) is 2.26. The molecular weight excluding hydrogens is 286 g/mol. The molecule has 2 rings (SSSR count). The van der Waals surface area contributed by atoms with E-state index < -0.39 is 9.84 Å². The second-order valence-electron chi connectivity index (χ2n) is 5.67. The molecule has 0 aromatic carbocycles. The number of sulfone groups is 1. The highest BCUT2D eigenvalue weighted by Gasteiger charge is 2.40. The molecule has 2 aliphatic rings. The van der Waals surface area contributed by atoms with Crippen molar-refractivity contribution in [3.8, 4) is 0 Å². The highest BCUT2D eigenvalue weighted by molar-refractivity contribution is 8.22. The van der Waals surface area contributed by atoms with Gasteiger partial charge in [-0.1, -0.05) is 30.4 Å². The summed E-state index contributed by atoms with van der Waals surface area (Å²) >= 11 is 7.12. The fraction of sp³-hybridized carbons (Fsp3) is 0.917. The van der Waals surface area contributed by atoms with Gasteiger partial charge in [-0.05, 0) is 31.1 Å². The van der Waals surface area contributed by atoms with Crippen LogP contribution < -0.4 is 0 Å². The van der Waals surface area contributed by atoms with Gasteiger partial charge >= 0.3 is 0 Å². The Morgan fingerprint density at radius 1 is 1.28 bits per heavy atom. The molecule has 1 aliphatic carbocycles. The van der Waals surface area contributed by atoms with Crippen LogP contribution in [0.25, 0.3) is 0 Å². The van der Waals surface area contributed by atoms with E-state index in [9.17, 15) is 8.42 Å². The number of nitrogens with zero attached hydrogens (tertiary/aromatic N) is 1. The Morgan fingerprint density at radius 2 is 1.89 bits per heavy atom. The van der Waals surface area contributed by atoms with Gasteiger partial charge in [0.25, 0.3) is 0 Å². The zero-order valence-electron chi connectivity index (χ0n) is 10.9. The molecule has 0 amide bonds. The van der Waals surface area contributed by atoms with Gasteiger partial charge in [-0.25, -0.2) is 8.42 Å². The smallest absolute Gasteiger partial charge is 0.148 e. The SMILES string of the molecule is CS(=O)(=O)CC1(CSC(=S)N2CCCC2)CCC1. The third-order valence-electron chi connectivity index (χ3n) is 3.85. The van der Waals surface area contributed by atoms with E-state index in [2.05, 4.69) is 4.90 Å². The van der Waals surface area contributed by atoms with E-state index in [0.29, 0.717) is 5.75 Å². The van der Waals surface area contributed by atoms with Gasteiger partial charge in [-0.3, -0.25) is 0 Å². The minimum absolute atomic E-state index is 0.00202. The summed E-state index contributed by atoms with van der Waals surface area (Å²) in [6.07, 6.45) is 7.04. The first-order valence-electron chi connectivity index (χ1n) is 6.50. The van der Waals surface area contributed by atoms with Gasteiger partial charge in [-0.15, -0.1) is 0 Å². The Kier molecular flexibility index (Phi) is 4.60. The van der Waals surface area contributed by atoms with Crippen LogP contribution in [-0.2, 0) is 9.84 Å². The molecule has 1 saturated heterocycles. The molecule has 0 aromatic rings. The normalized spacial score (nSPS) is 22.8. The molecule has 0 aromatic heterocycles. The van der Waals surface area contributed by atoms with Crippen molar-refractivity contribution in [2.24, 2.45) is 5.41 Å². The first-order chi connectivity index (χ1) is 8.40. The number of thiocarbonyl (C=S) groups is 1. The zero-order valence-corrected chi connectivity index (χ0v) is 13.3. The van der Waals surface area contributed by atoms with Crippen LogP contribution in [0.1, 0.15) is 32.1 Å². The van der Waals surface area contributed by atoms with E-state index in [1.165, 1.54) is 19.1 Å². The van der Waals surface area contributed by atoms with Crippen LogP contribution in [0.2, 0.25) is 0 Å². The first kappa shape index (κ1) is 14.6. The van der Waals surface area contributed by atoms with Gasteiger partial charge in [-0.2, -0.15) is 0 Å². The van der Waals surface area contributed by atoms with Crippen molar-refractivity contribution in [2.45, 2.75) is 32.1 Å². The molecule has 0 bridgehead atoms. The van der Waals surface area contributed by atoms with Crippen LogP contribution in [0.3, 0.4) is 0 Å². The summed E-state index contributed by atoms with van der Waals surface area (Å²) < 4.78 is 23.9. The average molecular weight is 308 g/mol. The molecule has 0 atom stereocenters. The lowest BCUT2D eigenvalue weighted by Crippen LogP contribution is -2.39. The minimum atomic E-state index is -2.88. The minimum Gasteiger partial charge on any atom is -0.358 e. The van der Waals surface area contributed by atoms with Crippen LogP contribution in [0.4, 0.5) is 0 Å². The van der Waals surface area contributed by atoms with E-state index in [1.54, 1.807) is 11.8 Å². The van der Waals surface area contributed by atoms with E-state index in [4.69, 9.17) is 12.2 Å². The molecule has 0 radical (unpaired) electrons. The monoisotopic (exact) mass is 307 g/mol. The number of rotatable bonds is 4. The molecule has 3 nitrogen and oxygen atoms in total. The fourth-order valence-corrected chi connectivity index (χ4v) is 5.95. The van der Waals surface area contributed by atoms with Crippen molar-refractivity contribution in [3.05, 3.63) is 0 Å². The van der Waals surface area contributed by atoms with Crippen molar-refractivity contribution >= 4 is 38.1 Å². The first-order valence-corrected chi connectivity index (χ1v) is 9.95. The number of thioether (sulfide) groups is 1. The third-order valence-corrected chi connectivity index (χ3v) is 6.86. The molecule has 6 heteroatoms.